The molecule has 0 aromatic heterocycles. The molecule has 0 saturated carbocycles. The molecule has 92 valence electrons. The van der Waals surface area contributed by atoms with Crippen LogP contribution in [0.15, 0.2) is 30.3 Å². The van der Waals surface area contributed by atoms with Crippen LogP contribution in [0.5, 0.6) is 5.75 Å². The maximum atomic E-state index is 10.3. The molecule has 0 amide bonds. The molecule has 0 heterocycles. The molecule has 1 N–H and O–H groups in total. The van der Waals surface area contributed by atoms with Crippen LogP contribution in [0.4, 0.5) is 0 Å². The van der Waals surface area contributed by atoms with Crippen LogP contribution >= 0.6 is 0 Å². The third-order valence-corrected chi connectivity index (χ3v) is 2.14. The van der Waals surface area contributed by atoms with Gasteiger partial charge in [0.15, 0.2) is 0 Å². The average molecular weight is 235 g/mol. The highest BCUT2D eigenvalue weighted by Crippen LogP contribution is 2.14. The number of carboxylic acid groups (broad SMARTS) is 1. The van der Waals surface area contributed by atoms with Crippen LogP contribution < -0.4 is 14.7 Å². The summed E-state index contributed by atoms with van der Waals surface area (Å²) in [5, 5.41) is 10.3. The lowest BCUT2D eigenvalue weighted by Crippen LogP contribution is -3.06. The highest BCUT2D eigenvalue weighted by molar-refractivity contribution is 5.83. The second-order valence-corrected chi connectivity index (χ2v) is 4.03. The largest absolute Gasteiger partial charge is 0.545 e. The van der Waals surface area contributed by atoms with Gasteiger partial charge in [0.05, 0.1) is 20.1 Å². The van der Waals surface area contributed by atoms with Crippen molar-refractivity contribution in [3.05, 3.63) is 35.9 Å². The van der Waals surface area contributed by atoms with Crippen molar-refractivity contribution in [1.29, 1.82) is 0 Å². The summed E-state index contributed by atoms with van der Waals surface area (Å²) in [6, 6.07) is 7.28. The van der Waals surface area contributed by atoms with Crippen LogP contribution in [0.2, 0.25) is 0 Å². The fourth-order valence-electron chi connectivity index (χ4n) is 1.25. The van der Waals surface area contributed by atoms with Crippen LogP contribution in [0, 0.1) is 0 Å². The van der Waals surface area contributed by atoms with E-state index in [1.165, 1.54) is 11.0 Å². The van der Waals surface area contributed by atoms with E-state index < -0.39 is 5.97 Å². The van der Waals surface area contributed by atoms with Gasteiger partial charge >= 0.3 is 0 Å². The minimum atomic E-state index is -1.20. The van der Waals surface area contributed by atoms with E-state index in [1.807, 2.05) is 18.2 Å². The molecule has 0 aliphatic rings. The smallest absolute Gasteiger partial charge is 0.137 e. The summed E-state index contributed by atoms with van der Waals surface area (Å²) in [6.45, 7) is 1.55. The molecule has 0 spiro atoms. The van der Waals surface area contributed by atoms with E-state index in [1.54, 1.807) is 6.07 Å². The van der Waals surface area contributed by atoms with Gasteiger partial charge < -0.3 is 19.5 Å². The average Bonchev–Trinajstić information content (AvgIpc) is 2.26. The lowest BCUT2D eigenvalue weighted by Gasteiger charge is -2.09. The van der Waals surface area contributed by atoms with Gasteiger partial charge in [0.1, 0.15) is 18.9 Å². The predicted molar refractivity (Wildman–Crippen MR) is 63.7 cm³/mol. The first-order valence-electron chi connectivity index (χ1n) is 5.49. The van der Waals surface area contributed by atoms with Gasteiger partial charge in [0.25, 0.3) is 0 Å². The summed E-state index contributed by atoms with van der Waals surface area (Å²) in [5.74, 6) is -0.459. The number of carbonyl (C=O) groups excluding carboxylic acids is 1. The Bertz CT molecular complexity index is 399. The van der Waals surface area contributed by atoms with E-state index in [0.717, 1.165) is 23.9 Å². The van der Waals surface area contributed by atoms with E-state index in [2.05, 4.69) is 14.1 Å². The summed E-state index contributed by atoms with van der Waals surface area (Å²) < 4.78 is 5.55. The van der Waals surface area contributed by atoms with Crippen LogP contribution in [-0.4, -0.2) is 33.2 Å². The van der Waals surface area contributed by atoms with Crippen LogP contribution in [0.1, 0.15) is 5.56 Å². The zero-order chi connectivity index (χ0) is 12.7. The predicted octanol–water partition coefficient (Wildman–Crippen LogP) is -1.03. The molecule has 17 heavy (non-hydrogen) atoms. The quantitative estimate of drug-likeness (QED) is 0.642. The van der Waals surface area contributed by atoms with E-state index in [4.69, 9.17) is 4.74 Å². The highest BCUT2D eigenvalue weighted by Gasteiger charge is 1.97. The third-order valence-electron chi connectivity index (χ3n) is 2.14. The van der Waals surface area contributed by atoms with Gasteiger partial charge in [-0.2, -0.15) is 0 Å². The van der Waals surface area contributed by atoms with Crippen molar-refractivity contribution in [3.63, 3.8) is 0 Å². The summed E-state index contributed by atoms with van der Waals surface area (Å²) in [5.41, 5.74) is 0.781. The number of benzene rings is 1. The number of hydrogen-bond donors (Lipinski definition) is 1. The second-order valence-electron chi connectivity index (χ2n) is 4.03. The van der Waals surface area contributed by atoms with Crippen molar-refractivity contribution in [2.75, 3.05) is 27.2 Å². The maximum absolute atomic E-state index is 10.3. The number of hydrogen-bond acceptors (Lipinski definition) is 3. The molecule has 4 heteroatoms. The van der Waals surface area contributed by atoms with Crippen molar-refractivity contribution in [2.24, 2.45) is 0 Å². The molecule has 0 fully saturated rings. The fourth-order valence-corrected chi connectivity index (χ4v) is 1.25. The number of quaternary nitrogens is 1. The molecular weight excluding hydrogens is 218 g/mol. The van der Waals surface area contributed by atoms with Gasteiger partial charge in [-0.15, -0.1) is 0 Å². The number of nitrogens with one attached hydrogen (secondary N) is 1. The Labute approximate surface area is 101 Å². The lowest BCUT2D eigenvalue weighted by molar-refractivity contribution is -0.858. The number of likely N-dealkylation sites (N-methyl/N-ethyl adjacent to an activating group) is 1. The Kier molecular flexibility index (Phi) is 5.23. The SMILES string of the molecule is C[NH+](C)CCOc1cccc(/C=C/C(=O)[O-])c1. The third kappa shape index (κ3) is 5.73. The topological polar surface area (TPSA) is 53.8 Å². The van der Waals surface area contributed by atoms with Crippen molar-refractivity contribution in [2.45, 2.75) is 0 Å². The van der Waals surface area contributed by atoms with E-state index in [0.29, 0.717) is 6.61 Å². The summed E-state index contributed by atoms with van der Waals surface area (Å²) in [6.07, 6.45) is 2.49. The van der Waals surface area contributed by atoms with Crippen molar-refractivity contribution >= 4 is 12.0 Å². The zero-order valence-electron chi connectivity index (χ0n) is 10.1. The van der Waals surface area contributed by atoms with Gasteiger partial charge in [-0.3, -0.25) is 0 Å². The first kappa shape index (κ1) is 13.3. The maximum Gasteiger partial charge on any atom is 0.137 e. The molecule has 0 bridgehead atoms. The number of rotatable bonds is 6. The van der Waals surface area contributed by atoms with Gasteiger partial charge in [0.2, 0.25) is 0 Å². The second kappa shape index (κ2) is 6.70. The van der Waals surface area contributed by atoms with Crippen LogP contribution in [0.3, 0.4) is 0 Å². The molecule has 0 radical (unpaired) electrons. The summed E-state index contributed by atoms with van der Waals surface area (Å²) >= 11 is 0. The van der Waals surface area contributed by atoms with E-state index in [9.17, 15) is 9.90 Å². The van der Waals surface area contributed by atoms with Gasteiger partial charge in [-0.1, -0.05) is 18.2 Å². The Hall–Kier alpha value is -1.81. The Balaban J connectivity index is 2.56. The van der Waals surface area contributed by atoms with Crippen LogP contribution in [-0.2, 0) is 4.79 Å². The molecule has 1 aromatic rings. The minimum absolute atomic E-state index is 0.635. The van der Waals surface area contributed by atoms with Crippen molar-refractivity contribution in [3.8, 4) is 5.75 Å². The molecule has 1 rings (SSSR count). The monoisotopic (exact) mass is 235 g/mol. The highest BCUT2D eigenvalue weighted by atomic mass is 16.5. The van der Waals surface area contributed by atoms with Gasteiger partial charge in [-0.25, -0.2) is 0 Å². The van der Waals surface area contributed by atoms with Crippen molar-refractivity contribution < 1.29 is 19.5 Å². The Morgan fingerprint density at radius 3 is 2.88 bits per heavy atom. The lowest BCUT2D eigenvalue weighted by atomic mass is 10.2. The number of ether oxygens (including phenoxy) is 1. The minimum Gasteiger partial charge on any atom is -0.545 e. The van der Waals surface area contributed by atoms with Crippen LogP contribution in [0.25, 0.3) is 6.08 Å². The molecule has 0 atom stereocenters. The molecule has 0 aliphatic heterocycles. The first-order valence-corrected chi connectivity index (χ1v) is 5.49. The molecule has 1 aromatic carbocycles. The Morgan fingerprint density at radius 1 is 1.47 bits per heavy atom. The fraction of sp³-hybridized carbons (Fsp3) is 0.308. The number of carbonyl (C=O) groups is 1. The molecule has 0 aliphatic carbocycles. The molecule has 4 nitrogen and oxygen atoms in total. The molecular formula is C13H17NO3. The van der Waals surface area contributed by atoms with E-state index in [-0.39, 0.29) is 0 Å². The standard InChI is InChI=1S/C13H17NO3/c1-14(2)8-9-17-12-5-3-4-11(10-12)6-7-13(15)16/h3-7,10H,8-9H2,1-2H3,(H,15,16)/b7-6+. The van der Waals surface area contributed by atoms with Gasteiger partial charge in [0, 0.05) is 0 Å². The number of carboxylic acids is 1. The van der Waals surface area contributed by atoms with Gasteiger partial charge in [-0.05, 0) is 23.8 Å². The Morgan fingerprint density at radius 2 is 2.24 bits per heavy atom. The molecule has 0 saturated heterocycles. The van der Waals surface area contributed by atoms with Crippen molar-refractivity contribution in [1.82, 2.24) is 0 Å². The first-order chi connectivity index (χ1) is 8.08. The van der Waals surface area contributed by atoms with E-state index >= 15 is 0 Å². The zero-order valence-corrected chi connectivity index (χ0v) is 10.1. The summed E-state index contributed by atoms with van der Waals surface area (Å²) in [4.78, 5) is 11.6. The summed E-state index contributed by atoms with van der Waals surface area (Å²) in [7, 11) is 4.12. The normalized spacial score (nSPS) is 11.0. The number of aliphatic carboxylic acids is 1. The molecule has 0 unspecified atom stereocenters.